The molecule has 2 rings (SSSR count). The maximum absolute atomic E-state index is 11.3. The third kappa shape index (κ3) is 3.33. The van der Waals surface area contributed by atoms with Gasteiger partial charge in [0.2, 0.25) is 0 Å². The van der Waals surface area contributed by atoms with E-state index in [2.05, 4.69) is 6.92 Å². The number of epoxide rings is 1. The molecule has 0 amide bonds. The normalized spacial score (nSPS) is 34.1. The molecule has 104 valence electrons. The topological polar surface area (TPSA) is 48.1 Å². The molecule has 1 heterocycles. The smallest absolute Gasteiger partial charge is 0.304 e. The van der Waals surface area contributed by atoms with Gasteiger partial charge in [0, 0.05) is 20.5 Å². The minimum atomic E-state index is -0.590. The number of ether oxygens (including phenoxy) is 3. The Morgan fingerprint density at radius 3 is 2.78 bits per heavy atom. The summed E-state index contributed by atoms with van der Waals surface area (Å²) < 4.78 is 16.7. The predicted molar refractivity (Wildman–Crippen MR) is 71.2 cm³/mol. The van der Waals surface area contributed by atoms with E-state index in [1.165, 1.54) is 13.3 Å². The molecule has 1 aliphatic heterocycles. The van der Waals surface area contributed by atoms with Crippen molar-refractivity contribution in [1.29, 1.82) is 0 Å². The number of carbonyl (C=O) groups excluding carboxylic acids is 1. The summed E-state index contributed by atoms with van der Waals surface area (Å²) in [5.41, 5.74) is -0.590. The van der Waals surface area contributed by atoms with Crippen molar-refractivity contribution in [2.24, 2.45) is 5.92 Å². The summed E-state index contributed by atoms with van der Waals surface area (Å²) in [7, 11) is 1.10. The summed E-state index contributed by atoms with van der Waals surface area (Å²) in [6, 6.07) is 1.08. The lowest BCUT2D eigenvalue weighted by Crippen LogP contribution is -2.44. The SMILES string of the molecule is CC[SiH2]C(CC1CCC2OC2C1)(OC)OC(C)=O. The molecule has 4 nitrogen and oxygen atoms in total. The van der Waals surface area contributed by atoms with Crippen LogP contribution in [0.3, 0.4) is 0 Å². The number of hydrogen-bond acceptors (Lipinski definition) is 4. The fraction of sp³-hybridized carbons (Fsp3) is 0.923. The van der Waals surface area contributed by atoms with Crippen LogP contribution >= 0.6 is 0 Å². The van der Waals surface area contributed by atoms with Crippen LogP contribution in [0.4, 0.5) is 0 Å². The second-order valence-electron chi connectivity index (χ2n) is 5.55. The lowest BCUT2D eigenvalue weighted by atomic mass is 9.87. The van der Waals surface area contributed by atoms with E-state index in [1.54, 1.807) is 7.11 Å². The summed E-state index contributed by atoms with van der Waals surface area (Å²) in [6.07, 6.45) is 5.29. The van der Waals surface area contributed by atoms with Crippen molar-refractivity contribution in [2.45, 2.75) is 63.2 Å². The van der Waals surface area contributed by atoms with Crippen molar-refractivity contribution < 1.29 is 19.0 Å². The van der Waals surface area contributed by atoms with Crippen molar-refractivity contribution in [1.82, 2.24) is 0 Å². The number of methoxy groups -OCH3 is 1. The van der Waals surface area contributed by atoms with Crippen LogP contribution in [-0.4, -0.2) is 40.2 Å². The summed E-state index contributed by atoms with van der Waals surface area (Å²) >= 11 is 0. The Bertz CT molecular complexity index is 309. The van der Waals surface area contributed by atoms with Gasteiger partial charge in [0.25, 0.3) is 0 Å². The maximum atomic E-state index is 11.3. The van der Waals surface area contributed by atoms with Crippen LogP contribution in [0.15, 0.2) is 0 Å². The lowest BCUT2D eigenvalue weighted by Gasteiger charge is -2.35. The molecule has 0 aromatic heterocycles. The summed E-state index contributed by atoms with van der Waals surface area (Å²) in [5.74, 6) is 0.348. The van der Waals surface area contributed by atoms with Gasteiger partial charge in [-0.1, -0.05) is 13.0 Å². The van der Waals surface area contributed by atoms with Gasteiger partial charge in [-0.3, -0.25) is 4.79 Å². The summed E-state index contributed by atoms with van der Waals surface area (Å²) in [6.45, 7) is 3.61. The molecular formula is C13H24O4Si. The van der Waals surface area contributed by atoms with Gasteiger partial charge in [-0.15, -0.1) is 0 Å². The number of carbonyl (C=O) groups is 1. The molecule has 0 N–H and O–H groups in total. The van der Waals surface area contributed by atoms with E-state index in [0.29, 0.717) is 18.1 Å². The number of esters is 1. The van der Waals surface area contributed by atoms with Gasteiger partial charge in [0.05, 0.1) is 12.2 Å². The van der Waals surface area contributed by atoms with Crippen molar-refractivity contribution in [3.63, 3.8) is 0 Å². The Morgan fingerprint density at radius 2 is 2.22 bits per heavy atom. The molecule has 2 fully saturated rings. The molecule has 0 aromatic carbocycles. The van der Waals surface area contributed by atoms with Crippen LogP contribution in [0.25, 0.3) is 0 Å². The number of fused-ring (bicyclic) bond motifs is 1. The molecule has 0 spiro atoms. The Labute approximate surface area is 111 Å². The Balaban J connectivity index is 1.95. The van der Waals surface area contributed by atoms with Crippen molar-refractivity contribution >= 4 is 15.5 Å². The fourth-order valence-electron chi connectivity index (χ4n) is 3.18. The first-order valence-electron chi connectivity index (χ1n) is 6.98. The quantitative estimate of drug-likeness (QED) is 0.317. The van der Waals surface area contributed by atoms with Crippen LogP contribution in [0.2, 0.25) is 6.04 Å². The Morgan fingerprint density at radius 1 is 1.44 bits per heavy atom. The zero-order valence-electron chi connectivity index (χ0n) is 11.6. The van der Waals surface area contributed by atoms with E-state index < -0.39 is 14.9 Å². The molecular weight excluding hydrogens is 248 g/mol. The average Bonchev–Trinajstić information content (AvgIpc) is 3.06. The van der Waals surface area contributed by atoms with E-state index in [1.807, 2.05) is 0 Å². The van der Waals surface area contributed by atoms with Gasteiger partial charge >= 0.3 is 5.97 Å². The third-order valence-electron chi connectivity index (χ3n) is 4.05. The van der Waals surface area contributed by atoms with Gasteiger partial charge in [0.15, 0.2) is 5.41 Å². The second-order valence-corrected chi connectivity index (χ2v) is 8.13. The largest absolute Gasteiger partial charge is 0.438 e. The zero-order chi connectivity index (χ0) is 13.2. The van der Waals surface area contributed by atoms with E-state index in [0.717, 1.165) is 25.3 Å². The molecule has 4 unspecified atom stereocenters. The highest BCUT2D eigenvalue weighted by Crippen LogP contribution is 2.42. The first kappa shape index (κ1) is 14.0. The number of rotatable bonds is 6. The molecule has 1 saturated heterocycles. The van der Waals surface area contributed by atoms with Crippen LogP contribution in [-0.2, 0) is 19.0 Å². The highest BCUT2D eigenvalue weighted by Gasteiger charge is 2.46. The first-order chi connectivity index (χ1) is 8.58. The Kier molecular flexibility index (Phi) is 4.45. The Hall–Kier alpha value is -0.393. The van der Waals surface area contributed by atoms with Gasteiger partial charge in [-0.05, 0) is 25.2 Å². The van der Waals surface area contributed by atoms with Crippen LogP contribution in [0.5, 0.6) is 0 Å². The minimum absolute atomic E-state index is 0.228. The van der Waals surface area contributed by atoms with E-state index in [4.69, 9.17) is 14.2 Å². The van der Waals surface area contributed by atoms with E-state index >= 15 is 0 Å². The zero-order valence-corrected chi connectivity index (χ0v) is 13.0. The summed E-state index contributed by atoms with van der Waals surface area (Å²) in [5, 5.41) is 0. The first-order valence-corrected chi connectivity index (χ1v) is 8.69. The molecule has 0 bridgehead atoms. The molecule has 4 atom stereocenters. The van der Waals surface area contributed by atoms with Gasteiger partial charge < -0.3 is 14.2 Å². The molecule has 0 radical (unpaired) electrons. The monoisotopic (exact) mass is 272 g/mol. The molecule has 18 heavy (non-hydrogen) atoms. The third-order valence-corrected chi connectivity index (χ3v) is 6.03. The van der Waals surface area contributed by atoms with E-state index in [9.17, 15) is 4.79 Å². The van der Waals surface area contributed by atoms with Crippen molar-refractivity contribution in [3.05, 3.63) is 0 Å². The minimum Gasteiger partial charge on any atom is -0.438 e. The lowest BCUT2D eigenvalue weighted by molar-refractivity contribution is -0.191. The molecule has 0 aromatic rings. The highest BCUT2D eigenvalue weighted by atomic mass is 28.2. The van der Waals surface area contributed by atoms with Crippen LogP contribution < -0.4 is 0 Å². The molecule has 2 aliphatic rings. The molecule has 1 saturated carbocycles. The highest BCUT2D eigenvalue weighted by molar-refractivity contribution is 6.39. The summed E-state index contributed by atoms with van der Waals surface area (Å²) in [4.78, 5) is 11.3. The van der Waals surface area contributed by atoms with Gasteiger partial charge in [-0.2, -0.15) is 0 Å². The number of hydrogen-bond donors (Lipinski definition) is 0. The average molecular weight is 272 g/mol. The second kappa shape index (κ2) is 5.71. The fourth-order valence-corrected chi connectivity index (χ4v) is 5.06. The van der Waals surface area contributed by atoms with E-state index in [-0.39, 0.29) is 5.97 Å². The molecule has 5 heteroatoms. The standard InChI is InChI=1S/C13H24O4Si/c1-4-18-13(15-3,17-9(2)14)8-10-5-6-11-12(7-10)16-11/h10-12H,4-8,18H2,1-3H3. The maximum Gasteiger partial charge on any atom is 0.304 e. The van der Waals surface area contributed by atoms with Gasteiger partial charge in [0.1, 0.15) is 9.52 Å². The predicted octanol–water partition coefficient (Wildman–Crippen LogP) is 1.41. The van der Waals surface area contributed by atoms with Crippen molar-refractivity contribution in [3.8, 4) is 0 Å². The van der Waals surface area contributed by atoms with Crippen LogP contribution in [0, 0.1) is 5.92 Å². The van der Waals surface area contributed by atoms with Crippen molar-refractivity contribution in [2.75, 3.05) is 7.11 Å². The van der Waals surface area contributed by atoms with Gasteiger partial charge in [-0.25, -0.2) is 0 Å². The van der Waals surface area contributed by atoms with Crippen LogP contribution in [0.1, 0.15) is 39.5 Å². The molecule has 1 aliphatic carbocycles.